The Balaban J connectivity index is 1.65. The number of hydrogen-bond donors (Lipinski definition) is 4. The first-order chi connectivity index (χ1) is 14.2. The van der Waals surface area contributed by atoms with Crippen LogP contribution in [0.2, 0.25) is 0 Å². The lowest BCUT2D eigenvalue weighted by Gasteiger charge is -2.10. The maximum atomic E-state index is 11.9. The van der Waals surface area contributed by atoms with Gasteiger partial charge in [-0.3, -0.25) is 0 Å². The predicted molar refractivity (Wildman–Crippen MR) is 102 cm³/mol. The van der Waals surface area contributed by atoms with Gasteiger partial charge in [0.15, 0.2) is 0 Å². The topological polar surface area (TPSA) is 169 Å². The number of nitrogens with one attached hydrogen (secondary N) is 4. The summed E-state index contributed by atoms with van der Waals surface area (Å²) < 4.78 is 56.8. The molecule has 0 heterocycles. The van der Waals surface area contributed by atoms with Gasteiger partial charge in [-0.15, -0.1) is 9.66 Å². The summed E-state index contributed by atoms with van der Waals surface area (Å²) in [6, 6.07) is 14.6. The van der Waals surface area contributed by atoms with Crippen LogP contribution in [-0.2, 0) is 29.5 Å². The number of amides is 2. The number of hydrogen-bond acceptors (Lipinski definition) is 8. The van der Waals surface area contributed by atoms with Crippen molar-refractivity contribution >= 4 is 32.2 Å². The van der Waals surface area contributed by atoms with Crippen LogP contribution >= 0.6 is 0 Å². The molecule has 0 bridgehead atoms. The van der Waals surface area contributed by atoms with Crippen molar-refractivity contribution in [3.05, 3.63) is 60.7 Å². The summed E-state index contributed by atoms with van der Waals surface area (Å²) >= 11 is 0. The van der Waals surface area contributed by atoms with Gasteiger partial charge < -0.3 is 9.47 Å². The van der Waals surface area contributed by atoms with Gasteiger partial charge in [0.1, 0.15) is 13.2 Å². The minimum Gasteiger partial charge on any atom is -0.445 e. The first-order valence-electron chi connectivity index (χ1n) is 8.20. The second-order valence-corrected chi connectivity index (χ2v) is 8.72. The third-order valence-corrected chi connectivity index (χ3v) is 5.76. The number of carbonyl (C=O) groups excluding carboxylic acids is 2. The van der Waals surface area contributed by atoms with Gasteiger partial charge in [0, 0.05) is 0 Å². The fourth-order valence-corrected chi connectivity index (χ4v) is 3.58. The Hall–Kier alpha value is -3.20. The summed E-state index contributed by atoms with van der Waals surface area (Å²) in [4.78, 5) is 26.5. The molecule has 4 N–H and O–H groups in total. The smallest absolute Gasteiger partial charge is 0.422 e. The summed E-state index contributed by atoms with van der Waals surface area (Å²) in [6.45, 7) is -0.838. The average Bonchev–Trinajstić information content (AvgIpc) is 2.75. The van der Waals surface area contributed by atoms with Crippen LogP contribution in [0.15, 0.2) is 70.5 Å². The third-order valence-electron chi connectivity index (χ3n) is 3.23. The highest BCUT2D eigenvalue weighted by Gasteiger charge is 2.16. The van der Waals surface area contributed by atoms with Gasteiger partial charge in [-0.1, -0.05) is 36.4 Å². The van der Waals surface area contributed by atoms with E-state index >= 15 is 0 Å². The van der Waals surface area contributed by atoms with Crippen LogP contribution in [0.4, 0.5) is 9.59 Å². The molecule has 0 aliphatic heterocycles. The Kier molecular flexibility index (Phi) is 8.11. The number of hydrazine groups is 2. The normalized spacial score (nSPS) is 11.3. The molecule has 2 aromatic rings. The highest BCUT2D eigenvalue weighted by Crippen LogP contribution is 2.06. The lowest BCUT2D eigenvalue weighted by atomic mass is 10.4. The molecule has 0 aliphatic carbocycles. The Morgan fingerprint density at radius 3 is 1.30 bits per heavy atom. The fraction of sp³-hybridized carbons (Fsp3) is 0.125. The van der Waals surface area contributed by atoms with E-state index in [4.69, 9.17) is 0 Å². The highest BCUT2D eigenvalue weighted by molar-refractivity contribution is 7.89. The molecule has 0 saturated heterocycles. The van der Waals surface area contributed by atoms with Gasteiger partial charge in [0.05, 0.1) is 9.79 Å². The van der Waals surface area contributed by atoms with Crippen LogP contribution in [0.1, 0.15) is 0 Å². The van der Waals surface area contributed by atoms with E-state index in [1.165, 1.54) is 48.5 Å². The first-order valence-corrected chi connectivity index (χ1v) is 11.2. The Labute approximate surface area is 172 Å². The molecule has 30 heavy (non-hydrogen) atoms. The van der Waals surface area contributed by atoms with Gasteiger partial charge in [0.2, 0.25) is 0 Å². The lowest BCUT2D eigenvalue weighted by Crippen LogP contribution is -2.43. The largest absolute Gasteiger partial charge is 0.445 e. The summed E-state index contributed by atoms with van der Waals surface area (Å²) in [6.07, 6.45) is -2.27. The molecule has 2 aromatic carbocycles. The van der Waals surface area contributed by atoms with Crippen molar-refractivity contribution in [3.63, 3.8) is 0 Å². The third kappa shape index (κ3) is 7.32. The van der Waals surface area contributed by atoms with Crippen LogP contribution in [0.3, 0.4) is 0 Å². The molecule has 0 radical (unpaired) electrons. The van der Waals surface area contributed by atoms with E-state index in [1.54, 1.807) is 12.1 Å². The van der Waals surface area contributed by atoms with E-state index < -0.39 is 45.4 Å². The first kappa shape index (κ1) is 23.1. The molecule has 0 atom stereocenters. The average molecular weight is 458 g/mol. The SMILES string of the molecule is O=C(NNS(=O)(=O)c1ccccc1)OCCOC(=O)NNS(=O)(=O)c1ccccc1. The van der Waals surface area contributed by atoms with Crippen molar-refractivity contribution in [2.24, 2.45) is 0 Å². The Morgan fingerprint density at radius 1 is 0.633 bits per heavy atom. The summed E-state index contributed by atoms with van der Waals surface area (Å²) in [5.74, 6) is 0. The quantitative estimate of drug-likeness (QED) is 0.306. The lowest BCUT2D eigenvalue weighted by molar-refractivity contribution is 0.0942. The minimum atomic E-state index is -3.97. The Bertz CT molecular complexity index is 973. The van der Waals surface area contributed by atoms with E-state index in [0.29, 0.717) is 0 Å². The second-order valence-electron chi connectivity index (χ2n) is 5.36. The van der Waals surface area contributed by atoms with Crippen LogP contribution in [-0.4, -0.2) is 42.2 Å². The number of carbonyl (C=O) groups is 2. The zero-order valence-electron chi connectivity index (χ0n) is 15.3. The molecule has 0 spiro atoms. The maximum Gasteiger partial charge on any atom is 0.422 e. The number of benzene rings is 2. The van der Waals surface area contributed by atoms with Crippen molar-refractivity contribution in [1.82, 2.24) is 20.5 Å². The van der Waals surface area contributed by atoms with E-state index in [-0.39, 0.29) is 9.79 Å². The molecule has 12 nitrogen and oxygen atoms in total. The van der Waals surface area contributed by atoms with Crippen molar-refractivity contribution in [1.29, 1.82) is 0 Å². The molecule has 0 aliphatic rings. The monoisotopic (exact) mass is 458 g/mol. The molecule has 2 rings (SSSR count). The molecular formula is C16H18N4O8S2. The molecule has 0 fully saturated rings. The van der Waals surface area contributed by atoms with Gasteiger partial charge in [-0.25, -0.2) is 37.3 Å². The maximum absolute atomic E-state index is 11.9. The van der Waals surface area contributed by atoms with Gasteiger partial charge >= 0.3 is 12.2 Å². The van der Waals surface area contributed by atoms with E-state index in [2.05, 4.69) is 9.47 Å². The standard InChI is InChI=1S/C16H18N4O8S2/c21-15(17-19-29(23,24)13-7-3-1-4-8-13)27-11-12-28-16(22)18-20-30(25,26)14-9-5-2-6-10-14/h1-10,19-20H,11-12H2,(H,17,21)(H,18,22). The molecule has 2 amide bonds. The minimum absolute atomic E-state index is 0.0664. The van der Waals surface area contributed by atoms with Crippen molar-refractivity contribution < 1.29 is 35.9 Å². The molecule has 14 heteroatoms. The number of ether oxygens (including phenoxy) is 2. The van der Waals surface area contributed by atoms with Crippen LogP contribution in [0.25, 0.3) is 0 Å². The van der Waals surface area contributed by atoms with Gasteiger partial charge in [-0.2, -0.15) is 0 Å². The predicted octanol–water partition coefficient (Wildman–Crippen LogP) is 0.226. The summed E-state index contributed by atoms with van der Waals surface area (Å²) in [5, 5.41) is 0. The van der Waals surface area contributed by atoms with Crippen molar-refractivity contribution in [2.75, 3.05) is 13.2 Å². The van der Waals surface area contributed by atoms with Crippen LogP contribution < -0.4 is 20.5 Å². The number of sulfonamides is 2. The number of rotatable bonds is 9. The molecular weight excluding hydrogens is 440 g/mol. The Morgan fingerprint density at radius 2 is 0.967 bits per heavy atom. The van der Waals surface area contributed by atoms with Crippen molar-refractivity contribution in [3.8, 4) is 0 Å². The zero-order valence-corrected chi connectivity index (χ0v) is 16.9. The molecule has 162 valence electrons. The van der Waals surface area contributed by atoms with E-state index in [1.807, 2.05) is 20.5 Å². The van der Waals surface area contributed by atoms with Gasteiger partial charge in [-0.05, 0) is 24.3 Å². The summed E-state index contributed by atoms with van der Waals surface area (Å²) in [5.41, 5.74) is 3.65. The van der Waals surface area contributed by atoms with E-state index in [0.717, 1.165) is 0 Å². The van der Waals surface area contributed by atoms with Crippen molar-refractivity contribution in [2.45, 2.75) is 9.79 Å². The fourth-order valence-electron chi connectivity index (χ4n) is 1.88. The molecule has 0 saturated carbocycles. The zero-order chi connectivity index (χ0) is 22.0. The molecule has 0 aromatic heterocycles. The highest BCUT2D eigenvalue weighted by atomic mass is 32.2. The molecule has 0 unspecified atom stereocenters. The van der Waals surface area contributed by atoms with Crippen LogP contribution in [0, 0.1) is 0 Å². The second kappa shape index (κ2) is 10.5. The van der Waals surface area contributed by atoms with Crippen LogP contribution in [0.5, 0.6) is 0 Å². The summed E-state index contributed by atoms with van der Waals surface area (Å²) in [7, 11) is -7.93. The van der Waals surface area contributed by atoms with Gasteiger partial charge in [0.25, 0.3) is 20.0 Å². The van der Waals surface area contributed by atoms with E-state index in [9.17, 15) is 26.4 Å².